The molecule has 6 heteroatoms. The van der Waals surface area contributed by atoms with Gasteiger partial charge in [0.1, 0.15) is 0 Å². The molecule has 1 heterocycles. The number of likely N-dealkylation sites (tertiary alicyclic amines) is 1. The van der Waals surface area contributed by atoms with Gasteiger partial charge in [-0.1, -0.05) is 6.07 Å². The Morgan fingerprint density at radius 1 is 1.43 bits per heavy atom. The van der Waals surface area contributed by atoms with Gasteiger partial charge in [-0.05, 0) is 31.0 Å². The van der Waals surface area contributed by atoms with Gasteiger partial charge >= 0.3 is 0 Å². The number of carbonyl (C=O) groups is 2. The molecular formula is C15H19FN2O3. The van der Waals surface area contributed by atoms with Crippen LogP contribution in [0.25, 0.3) is 0 Å². The number of halogens is 1. The van der Waals surface area contributed by atoms with Gasteiger partial charge in [0, 0.05) is 19.5 Å². The maximum Gasteiger partial charge on any atom is 0.246 e. The van der Waals surface area contributed by atoms with Crippen LogP contribution in [0.2, 0.25) is 0 Å². The van der Waals surface area contributed by atoms with E-state index in [4.69, 9.17) is 4.74 Å². The Kier molecular flexibility index (Phi) is 4.57. The summed E-state index contributed by atoms with van der Waals surface area (Å²) >= 11 is 0. The fourth-order valence-electron chi connectivity index (χ4n) is 2.41. The van der Waals surface area contributed by atoms with E-state index in [2.05, 4.69) is 5.32 Å². The van der Waals surface area contributed by atoms with Crippen LogP contribution in [0.1, 0.15) is 31.4 Å². The topological polar surface area (TPSA) is 58.6 Å². The van der Waals surface area contributed by atoms with Crippen LogP contribution in [0, 0.1) is 5.82 Å². The van der Waals surface area contributed by atoms with Gasteiger partial charge in [0.15, 0.2) is 11.6 Å². The van der Waals surface area contributed by atoms with Crippen molar-refractivity contribution in [3.05, 3.63) is 29.6 Å². The quantitative estimate of drug-likeness (QED) is 0.858. The van der Waals surface area contributed by atoms with Gasteiger partial charge in [0.25, 0.3) is 0 Å². The van der Waals surface area contributed by atoms with Crippen molar-refractivity contribution in [2.45, 2.75) is 31.8 Å². The largest absolute Gasteiger partial charge is 0.494 e. The molecule has 5 nitrogen and oxygen atoms in total. The summed E-state index contributed by atoms with van der Waals surface area (Å²) in [7, 11) is 2.90. The van der Waals surface area contributed by atoms with E-state index in [0.717, 1.165) is 10.5 Å². The molecule has 1 aliphatic rings. The van der Waals surface area contributed by atoms with Crippen molar-refractivity contribution >= 4 is 11.8 Å². The van der Waals surface area contributed by atoms with Crippen LogP contribution >= 0.6 is 0 Å². The third-order valence-corrected chi connectivity index (χ3v) is 3.78. The fraction of sp³-hybridized carbons (Fsp3) is 0.467. The second-order valence-electron chi connectivity index (χ2n) is 5.16. The number of methoxy groups -OCH3 is 1. The zero-order valence-corrected chi connectivity index (χ0v) is 12.4. The Morgan fingerprint density at radius 3 is 2.81 bits per heavy atom. The molecule has 2 rings (SSSR count). The highest BCUT2D eigenvalue weighted by Crippen LogP contribution is 2.24. The van der Waals surface area contributed by atoms with Crippen molar-refractivity contribution in [1.29, 1.82) is 0 Å². The van der Waals surface area contributed by atoms with Crippen LogP contribution in [-0.2, 0) is 9.59 Å². The number of nitrogens with zero attached hydrogens (tertiary/aromatic N) is 1. The number of imide groups is 1. The lowest BCUT2D eigenvalue weighted by molar-refractivity contribution is -0.148. The summed E-state index contributed by atoms with van der Waals surface area (Å²) < 4.78 is 18.4. The minimum absolute atomic E-state index is 0.157. The third kappa shape index (κ3) is 3.21. The van der Waals surface area contributed by atoms with Crippen LogP contribution < -0.4 is 10.1 Å². The van der Waals surface area contributed by atoms with Gasteiger partial charge in [0.05, 0.1) is 13.2 Å². The molecule has 2 unspecified atom stereocenters. The molecule has 0 saturated carbocycles. The molecule has 1 aliphatic heterocycles. The monoisotopic (exact) mass is 294 g/mol. The second-order valence-corrected chi connectivity index (χ2v) is 5.16. The third-order valence-electron chi connectivity index (χ3n) is 3.78. The number of carbonyl (C=O) groups excluding carboxylic acids is 2. The molecule has 114 valence electrons. The molecule has 0 spiro atoms. The number of likely N-dealkylation sites (N-methyl/N-ethyl adjacent to an activating group) is 1. The number of ether oxygens (including phenoxy) is 1. The minimum Gasteiger partial charge on any atom is -0.494 e. The number of amides is 2. The highest BCUT2D eigenvalue weighted by atomic mass is 19.1. The molecule has 0 aromatic heterocycles. The number of nitrogens with one attached hydrogen (secondary N) is 1. The lowest BCUT2D eigenvalue weighted by Crippen LogP contribution is -2.51. The average Bonchev–Trinajstić information content (AvgIpc) is 2.48. The average molecular weight is 294 g/mol. The van der Waals surface area contributed by atoms with Gasteiger partial charge in [-0.15, -0.1) is 0 Å². The van der Waals surface area contributed by atoms with Crippen LogP contribution in [0.4, 0.5) is 4.39 Å². The molecule has 0 radical (unpaired) electrons. The highest BCUT2D eigenvalue weighted by Gasteiger charge is 2.32. The van der Waals surface area contributed by atoms with Gasteiger partial charge in [0.2, 0.25) is 11.8 Å². The van der Waals surface area contributed by atoms with E-state index in [9.17, 15) is 14.0 Å². The van der Waals surface area contributed by atoms with Crippen molar-refractivity contribution in [1.82, 2.24) is 10.2 Å². The number of piperidine rings is 1. The molecule has 1 saturated heterocycles. The lowest BCUT2D eigenvalue weighted by atomic mass is 10.0. The van der Waals surface area contributed by atoms with Crippen molar-refractivity contribution in [2.24, 2.45) is 0 Å². The van der Waals surface area contributed by atoms with Crippen LogP contribution in [0.5, 0.6) is 5.75 Å². The molecule has 0 bridgehead atoms. The number of benzene rings is 1. The minimum atomic E-state index is -0.424. The molecule has 0 aliphatic carbocycles. The number of rotatable bonds is 4. The Labute approximate surface area is 123 Å². The standard InChI is InChI=1S/C15H19FN2O3/c1-9(10-4-5-11(16)13(8-10)21-3)17-12-6-7-14(19)18(2)15(12)20/h4-5,8-9,12,17H,6-7H2,1-3H3. The van der Waals surface area contributed by atoms with Crippen molar-refractivity contribution in [3.63, 3.8) is 0 Å². The maximum absolute atomic E-state index is 13.4. The van der Waals surface area contributed by atoms with Crippen LogP contribution in [0.3, 0.4) is 0 Å². The Balaban J connectivity index is 2.09. The zero-order valence-electron chi connectivity index (χ0n) is 12.4. The second kappa shape index (κ2) is 6.22. The Morgan fingerprint density at radius 2 is 2.14 bits per heavy atom. The molecule has 21 heavy (non-hydrogen) atoms. The van der Waals surface area contributed by atoms with E-state index in [0.29, 0.717) is 12.8 Å². The van der Waals surface area contributed by atoms with E-state index in [-0.39, 0.29) is 23.6 Å². The predicted molar refractivity (Wildman–Crippen MR) is 75.3 cm³/mol. The molecule has 2 amide bonds. The summed E-state index contributed by atoms with van der Waals surface area (Å²) in [6.07, 6.45) is 0.823. The van der Waals surface area contributed by atoms with Crippen LogP contribution in [-0.4, -0.2) is 36.9 Å². The van der Waals surface area contributed by atoms with Crippen molar-refractivity contribution < 1.29 is 18.7 Å². The first-order valence-electron chi connectivity index (χ1n) is 6.84. The smallest absolute Gasteiger partial charge is 0.246 e. The summed E-state index contributed by atoms with van der Waals surface area (Å²) in [5, 5.41) is 3.19. The lowest BCUT2D eigenvalue weighted by Gasteiger charge is -2.30. The highest BCUT2D eigenvalue weighted by molar-refractivity contribution is 6.00. The molecule has 1 fully saturated rings. The first-order chi connectivity index (χ1) is 9.93. The Hall–Kier alpha value is -1.95. The molecule has 1 aromatic rings. The summed E-state index contributed by atoms with van der Waals surface area (Å²) in [5.41, 5.74) is 0.820. The first-order valence-corrected chi connectivity index (χ1v) is 6.84. The maximum atomic E-state index is 13.4. The Bertz CT molecular complexity index is 562. The van der Waals surface area contributed by atoms with Gasteiger partial charge in [-0.3, -0.25) is 19.8 Å². The van der Waals surface area contributed by atoms with E-state index in [1.807, 2.05) is 6.92 Å². The zero-order chi connectivity index (χ0) is 15.6. The molecular weight excluding hydrogens is 275 g/mol. The number of hydrogen-bond donors (Lipinski definition) is 1. The summed E-state index contributed by atoms with van der Waals surface area (Å²) in [4.78, 5) is 24.6. The van der Waals surface area contributed by atoms with Crippen LogP contribution in [0.15, 0.2) is 18.2 Å². The predicted octanol–water partition coefficient (Wildman–Crippen LogP) is 1.63. The van der Waals surface area contributed by atoms with E-state index < -0.39 is 11.9 Å². The fourth-order valence-corrected chi connectivity index (χ4v) is 2.41. The van der Waals surface area contributed by atoms with Crippen molar-refractivity contribution in [3.8, 4) is 5.75 Å². The first kappa shape index (κ1) is 15.4. The normalized spacial score (nSPS) is 20.6. The van der Waals surface area contributed by atoms with Crippen molar-refractivity contribution in [2.75, 3.05) is 14.2 Å². The van der Waals surface area contributed by atoms with Gasteiger partial charge in [-0.25, -0.2) is 4.39 Å². The van der Waals surface area contributed by atoms with E-state index >= 15 is 0 Å². The van der Waals surface area contributed by atoms with Gasteiger partial charge in [-0.2, -0.15) is 0 Å². The van der Waals surface area contributed by atoms with E-state index in [1.54, 1.807) is 12.1 Å². The summed E-state index contributed by atoms with van der Waals surface area (Å²) in [5.74, 6) is -0.641. The molecule has 1 N–H and O–H groups in total. The SMILES string of the molecule is COc1cc(C(C)NC2CCC(=O)N(C)C2=O)ccc1F. The summed E-state index contributed by atoms with van der Waals surface area (Å²) in [6.45, 7) is 1.89. The molecule has 2 atom stereocenters. The number of hydrogen-bond acceptors (Lipinski definition) is 4. The van der Waals surface area contributed by atoms with Gasteiger partial charge < -0.3 is 4.74 Å². The van der Waals surface area contributed by atoms with E-state index in [1.165, 1.54) is 20.2 Å². The summed E-state index contributed by atoms with van der Waals surface area (Å²) in [6, 6.07) is 4.03. The molecule has 1 aromatic carbocycles.